The van der Waals surface area contributed by atoms with E-state index in [1.54, 1.807) is 0 Å². The van der Waals surface area contributed by atoms with Gasteiger partial charge in [-0.15, -0.1) is 0 Å². The van der Waals surface area contributed by atoms with Crippen LogP contribution in [0.25, 0.3) is 132 Å². The summed E-state index contributed by atoms with van der Waals surface area (Å²) in [6, 6.07) is 89.5. The highest BCUT2D eigenvalue weighted by atomic mass is 14.2. The number of fused-ring (bicyclic) bond motifs is 7. The molecule has 0 aliphatic carbocycles. The zero-order valence-corrected chi connectivity index (χ0v) is 36.2. The highest BCUT2D eigenvalue weighted by Crippen LogP contribution is 2.46. The summed E-state index contributed by atoms with van der Waals surface area (Å²) in [7, 11) is 0. The van der Waals surface area contributed by atoms with Gasteiger partial charge in [0, 0.05) is 0 Å². The predicted octanol–water partition coefficient (Wildman–Crippen LogP) is 18.6. The summed E-state index contributed by atoms with van der Waals surface area (Å²) in [6.07, 6.45) is 4.67. The molecule has 0 amide bonds. The lowest BCUT2D eigenvalue weighted by atomic mass is 9.84. The SMILES string of the molecule is C(=C\c1c2ccccc2c(-c2ccc(-c3cccc4ccccc34)cc2)c2ccccc12)/c1ccc2c(-c3ccc4ccccc4c3)c3ccccc3c(-c3ccc4ccccc4c3)c2c1. The summed E-state index contributed by atoms with van der Waals surface area (Å²) in [5, 5.41) is 17.5. The molecule has 0 unspecified atom stereocenters. The standard InChI is InChI=1S/C66H42/c1-3-17-49-41-51(36-30-44(49)14-1)65-60-25-11-12-26-61(60)66(52-37-31-45-15-2-4-18-50(45)42-52)63-40-43(29-39-62(63)65)28-38-57-55-21-7-9-23-58(55)64(59-24-10-8-22-56(57)59)48-34-32-47(33-35-48)54-27-13-19-46-16-5-6-20-53(46)54/h1-42H/b38-28+. The Morgan fingerprint density at radius 2 is 0.621 bits per heavy atom. The molecule has 0 aliphatic rings. The molecule has 0 heteroatoms. The summed E-state index contributed by atoms with van der Waals surface area (Å²) in [5.41, 5.74) is 12.3. The van der Waals surface area contributed by atoms with Crippen LogP contribution < -0.4 is 0 Å². The third-order valence-corrected chi connectivity index (χ3v) is 13.8. The minimum absolute atomic E-state index is 1.16. The molecule has 66 heavy (non-hydrogen) atoms. The monoisotopic (exact) mass is 834 g/mol. The molecule has 0 heterocycles. The molecule has 0 bridgehead atoms. The van der Waals surface area contributed by atoms with E-state index in [9.17, 15) is 0 Å². The summed E-state index contributed by atoms with van der Waals surface area (Å²) in [5.74, 6) is 0. The van der Waals surface area contributed by atoms with E-state index < -0.39 is 0 Å². The van der Waals surface area contributed by atoms with Gasteiger partial charge in [0.05, 0.1) is 0 Å². The van der Waals surface area contributed by atoms with Crippen LogP contribution in [-0.4, -0.2) is 0 Å². The van der Waals surface area contributed by atoms with Gasteiger partial charge in [-0.3, -0.25) is 0 Å². The van der Waals surface area contributed by atoms with Gasteiger partial charge < -0.3 is 0 Å². The molecule has 0 saturated heterocycles. The molecule has 13 aromatic rings. The lowest BCUT2D eigenvalue weighted by molar-refractivity contribution is 1.63. The molecule has 13 aromatic carbocycles. The first-order chi connectivity index (χ1) is 32.7. The van der Waals surface area contributed by atoms with Gasteiger partial charge in [0.15, 0.2) is 0 Å². The Morgan fingerprint density at radius 1 is 0.212 bits per heavy atom. The van der Waals surface area contributed by atoms with Crippen molar-refractivity contribution in [3.63, 3.8) is 0 Å². The molecule has 0 saturated carbocycles. The lowest BCUT2D eigenvalue weighted by Gasteiger charge is -2.19. The van der Waals surface area contributed by atoms with Gasteiger partial charge in [-0.2, -0.15) is 0 Å². The predicted molar refractivity (Wildman–Crippen MR) is 286 cm³/mol. The van der Waals surface area contributed by atoms with Crippen molar-refractivity contribution in [2.24, 2.45) is 0 Å². The van der Waals surface area contributed by atoms with Crippen LogP contribution in [0.15, 0.2) is 243 Å². The minimum atomic E-state index is 1.16. The summed E-state index contributed by atoms with van der Waals surface area (Å²) < 4.78 is 0. The van der Waals surface area contributed by atoms with E-state index in [4.69, 9.17) is 0 Å². The van der Waals surface area contributed by atoms with Gasteiger partial charge in [-0.1, -0.05) is 237 Å². The van der Waals surface area contributed by atoms with E-state index in [1.807, 2.05) is 0 Å². The second-order valence-corrected chi connectivity index (χ2v) is 17.5. The molecule has 0 aromatic heterocycles. The van der Waals surface area contributed by atoms with Crippen LogP contribution in [0, 0.1) is 0 Å². The highest BCUT2D eigenvalue weighted by molar-refractivity contribution is 6.23. The first kappa shape index (κ1) is 37.9. The van der Waals surface area contributed by atoms with Crippen LogP contribution in [-0.2, 0) is 0 Å². The first-order valence-corrected chi connectivity index (χ1v) is 22.9. The number of rotatable bonds is 6. The molecule has 0 spiro atoms. The maximum Gasteiger partial charge on any atom is -0.00259 e. The van der Waals surface area contributed by atoms with Crippen molar-refractivity contribution in [2.75, 3.05) is 0 Å². The van der Waals surface area contributed by atoms with Crippen LogP contribution >= 0.6 is 0 Å². The molecule has 0 N–H and O–H groups in total. The zero-order chi connectivity index (χ0) is 43.6. The minimum Gasteiger partial charge on any atom is -0.0616 e. The van der Waals surface area contributed by atoms with E-state index in [-0.39, 0.29) is 0 Å². The number of benzene rings is 13. The maximum absolute atomic E-state index is 2.42. The van der Waals surface area contributed by atoms with Crippen molar-refractivity contribution in [3.8, 4) is 44.5 Å². The fourth-order valence-corrected chi connectivity index (χ4v) is 10.7. The van der Waals surface area contributed by atoms with E-state index >= 15 is 0 Å². The summed E-state index contributed by atoms with van der Waals surface area (Å²) in [4.78, 5) is 0. The van der Waals surface area contributed by atoms with E-state index in [1.165, 1.54) is 125 Å². The summed E-state index contributed by atoms with van der Waals surface area (Å²) in [6.45, 7) is 0. The van der Waals surface area contributed by atoms with Crippen molar-refractivity contribution >= 4 is 87.6 Å². The van der Waals surface area contributed by atoms with E-state index in [2.05, 4.69) is 255 Å². The quantitative estimate of drug-likeness (QED) is 0.116. The molecule has 0 fully saturated rings. The molecule has 13 rings (SSSR count). The van der Waals surface area contributed by atoms with Gasteiger partial charge >= 0.3 is 0 Å². The van der Waals surface area contributed by atoms with Gasteiger partial charge in [0.1, 0.15) is 0 Å². The molecular weight excluding hydrogens is 793 g/mol. The van der Waals surface area contributed by atoms with Crippen molar-refractivity contribution in [3.05, 3.63) is 254 Å². The Labute approximate surface area is 384 Å². The smallest absolute Gasteiger partial charge is 0.00259 e. The molecule has 0 aliphatic heterocycles. The normalized spacial score (nSPS) is 11.9. The van der Waals surface area contributed by atoms with Crippen molar-refractivity contribution in [2.45, 2.75) is 0 Å². The summed E-state index contributed by atoms with van der Waals surface area (Å²) >= 11 is 0. The van der Waals surface area contributed by atoms with Gasteiger partial charge in [-0.25, -0.2) is 0 Å². The largest absolute Gasteiger partial charge is 0.0616 e. The van der Waals surface area contributed by atoms with Crippen LogP contribution in [0.5, 0.6) is 0 Å². The Morgan fingerprint density at radius 3 is 1.21 bits per heavy atom. The Kier molecular flexibility index (Phi) is 8.96. The topological polar surface area (TPSA) is 0 Å². The molecular formula is C66H42. The van der Waals surface area contributed by atoms with Crippen molar-refractivity contribution in [1.29, 1.82) is 0 Å². The van der Waals surface area contributed by atoms with Crippen LogP contribution in [0.1, 0.15) is 11.1 Å². The fraction of sp³-hybridized carbons (Fsp3) is 0. The fourth-order valence-electron chi connectivity index (χ4n) is 10.7. The third-order valence-electron chi connectivity index (χ3n) is 13.8. The average Bonchev–Trinajstić information content (AvgIpc) is 3.38. The Hall–Kier alpha value is -8.58. The Balaban J connectivity index is 0.989. The Bertz CT molecular complexity index is 4030. The highest BCUT2D eigenvalue weighted by Gasteiger charge is 2.19. The molecule has 0 atom stereocenters. The third kappa shape index (κ3) is 6.30. The van der Waals surface area contributed by atoms with Gasteiger partial charge in [0.2, 0.25) is 0 Å². The molecule has 306 valence electrons. The van der Waals surface area contributed by atoms with Gasteiger partial charge in [-0.05, 0) is 149 Å². The van der Waals surface area contributed by atoms with Gasteiger partial charge in [0.25, 0.3) is 0 Å². The van der Waals surface area contributed by atoms with Crippen molar-refractivity contribution in [1.82, 2.24) is 0 Å². The average molecular weight is 835 g/mol. The van der Waals surface area contributed by atoms with Crippen LogP contribution in [0.2, 0.25) is 0 Å². The van der Waals surface area contributed by atoms with Crippen LogP contribution in [0.3, 0.4) is 0 Å². The maximum atomic E-state index is 2.42. The second kappa shape index (κ2) is 15.6. The zero-order valence-electron chi connectivity index (χ0n) is 36.2. The van der Waals surface area contributed by atoms with Crippen LogP contribution in [0.4, 0.5) is 0 Å². The molecule has 0 nitrogen and oxygen atoms in total. The lowest BCUT2D eigenvalue weighted by Crippen LogP contribution is -1.92. The second-order valence-electron chi connectivity index (χ2n) is 17.5. The number of hydrogen-bond acceptors (Lipinski definition) is 0. The first-order valence-electron chi connectivity index (χ1n) is 22.9. The molecule has 0 radical (unpaired) electrons. The van der Waals surface area contributed by atoms with Crippen molar-refractivity contribution < 1.29 is 0 Å². The number of hydrogen-bond donors (Lipinski definition) is 0. The van der Waals surface area contributed by atoms with E-state index in [0.717, 1.165) is 5.56 Å². The van der Waals surface area contributed by atoms with E-state index in [0.29, 0.717) is 0 Å².